The van der Waals surface area contributed by atoms with E-state index in [1.807, 2.05) is 0 Å². The van der Waals surface area contributed by atoms with Crippen molar-refractivity contribution in [2.75, 3.05) is 41.4 Å². The van der Waals surface area contributed by atoms with Crippen LogP contribution in [-0.2, 0) is 0 Å². The number of ketones is 4. The zero-order valence-electron chi connectivity index (χ0n) is 25.2. The molecule has 4 aromatic carbocycles. The Balaban J connectivity index is 1.26. The molecule has 4 aliphatic heterocycles. The molecule has 0 N–H and O–H groups in total. The van der Waals surface area contributed by atoms with Crippen LogP contribution in [0.3, 0.4) is 0 Å². The van der Waals surface area contributed by atoms with Crippen LogP contribution in [0.25, 0.3) is 11.1 Å². The Morgan fingerprint density at radius 3 is 1.25 bits per heavy atom. The summed E-state index contributed by atoms with van der Waals surface area (Å²) >= 11 is 0. The molecule has 8 rings (SSSR count). The number of hydrogen-bond donors (Lipinski definition) is 0. The van der Waals surface area contributed by atoms with Crippen molar-refractivity contribution in [3.8, 4) is 68.6 Å². The first-order valence-electron chi connectivity index (χ1n) is 14.4. The quantitative estimate of drug-likeness (QED) is 0.184. The lowest BCUT2D eigenvalue weighted by molar-refractivity contribution is 0.0814. The lowest BCUT2D eigenvalue weighted by Crippen LogP contribution is -2.16. The molecule has 4 aromatic rings. The van der Waals surface area contributed by atoms with E-state index >= 15 is 0 Å². The van der Waals surface area contributed by atoms with Crippen LogP contribution in [0.5, 0.6) is 57.5 Å². The monoisotopic (exact) mass is 654 g/mol. The summed E-state index contributed by atoms with van der Waals surface area (Å²) in [5.41, 5.74) is 0.163. The number of rotatable bonds is 9. The van der Waals surface area contributed by atoms with E-state index in [1.54, 1.807) is 0 Å². The molecule has 0 radical (unpaired) electrons. The molecule has 14 heteroatoms. The van der Waals surface area contributed by atoms with Gasteiger partial charge >= 0.3 is 0 Å². The maximum Gasteiger partial charge on any atom is 0.237 e. The van der Waals surface area contributed by atoms with Gasteiger partial charge in [0.15, 0.2) is 46.0 Å². The number of methoxy groups -OCH3 is 2. The van der Waals surface area contributed by atoms with Crippen LogP contribution in [0.15, 0.2) is 48.5 Å². The lowest BCUT2D eigenvalue weighted by atomic mass is 9.91. The van der Waals surface area contributed by atoms with Gasteiger partial charge in [-0.3, -0.25) is 19.2 Å². The van der Waals surface area contributed by atoms with Gasteiger partial charge in [-0.2, -0.15) is 0 Å². The normalized spacial score (nSPS) is 14.1. The number of benzene rings is 4. The van der Waals surface area contributed by atoms with E-state index in [4.69, 9.17) is 47.4 Å². The smallest absolute Gasteiger partial charge is 0.237 e. The topological polar surface area (TPSA) is 161 Å². The van der Waals surface area contributed by atoms with Crippen LogP contribution in [0, 0.1) is 0 Å². The maximum absolute atomic E-state index is 13.8. The second kappa shape index (κ2) is 11.1. The third-order valence-electron chi connectivity index (χ3n) is 8.06. The summed E-state index contributed by atoms with van der Waals surface area (Å²) in [5, 5.41) is 0. The third-order valence-corrected chi connectivity index (χ3v) is 8.06. The van der Waals surface area contributed by atoms with Crippen molar-refractivity contribution >= 4 is 23.1 Å². The van der Waals surface area contributed by atoms with Crippen LogP contribution in [0.2, 0.25) is 0 Å². The number of Topliss-reactive ketones (excluding diaryl/α,β-unsaturated/α-hetero) is 4. The molecule has 4 heterocycles. The minimum Gasteiger partial charge on any atom is -0.492 e. The highest BCUT2D eigenvalue weighted by atomic mass is 16.7. The highest BCUT2D eigenvalue weighted by Gasteiger charge is 2.37. The second-order valence-corrected chi connectivity index (χ2v) is 10.6. The van der Waals surface area contributed by atoms with E-state index in [2.05, 4.69) is 0 Å². The largest absolute Gasteiger partial charge is 0.492 e. The van der Waals surface area contributed by atoms with Crippen molar-refractivity contribution < 1.29 is 66.5 Å². The van der Waals surface area contributed by atoms with E-state index in [9.17, 15) is 19.2 Å². The van der Waals surface area contributed by atoms with Gasteiger partial charge < -0.3 is 47.4 Å². The van der Waals surface area contributed by atoms with E-state index in [-0.39, 0.29) is 95.0 Å². The Hall–Kier alpha value is -6.44. The van der Waals surface area contributed by atoms with Gasteiger partial charge in [0.2, 0.25) is 61.8 Å². The first-order valence-corrected chi connectivity index (χ1v) is 14.4. The molecule has 0 bridgehead atoms. The molecule has 48 heavy (non-hydrogen) atoms. The molecule has 0 unspecified atom stereocenters. The zero-order valence-corrected chi connectivity index (χ0v) is 25.2. The van der Waals surface area contributed by atoms with Crippen molar-refractivity contribution in [2.24, 2.45) is 0 Å². The molecule has 14 nitrogen and oxygen atoms in total. The first kappa shape index (κ1) is 29.0. The summed E-state index contributed by atoms with van der Waals surface area (Å²) in [6.45, 7) is -0.545. The molecule has 0 saturated heterocycles. The summed E-state index contributed by atoms with van der Waals surface area (Å²) in [7, 11) is 2.74. The van der Waals surface area contributed by atoms with Crippen molar-refractivity contribution in [3.05, 3.63) is 70.8 Å². The predicted molar refractivity (Wildman–Crippen MR) is 160 cm³/mol. The minimum atomic E-state index is -0.923. The highest BCUT2D eigenvalue weighted by Crippen LogP contribution is 2.55. The number of hydrogen-bond acceptors (Lipinski definition) is 14. The van der Waals surface area contributed by atoms with Gasteiger partial charge in [0.05, 0.1) is 25.3 Å². The molecule has 0 atom stereocenters. The van der Waals surface area contributed by atoms with E-state index in [0.29, 0.717) is 23.0 Å². The Bertz CT molecular complexity index is 1950. The predicted octanol–water partition coefficient (Wildman–Crippen LogP) is 4.42. The Morgan fingerprint density at radius 1 is 0.458 bits per heavy atom. The molecule has 0 fully saturated rings. The van der Waals surface area contributed by atoms with Crippen molar-refractivity contribution in [1.29, 1.82) is 0 Å². The second-order valence-electron chi connectivity index (χ2n) is 10.6. The Kier molecular flexibility index (Phi) is 6.72. The molecule has 4 aliphatic rings. The van der Waals surface area contributed by atoms with Gasteiger partial charge in [-0.1, -0.05) is 0 Å². The number of fused-ring (bicyclic) bond motifs is 4. The average Bonchev–Trinajstić information content (AvgIpc) is 3.95. The molecule has 0 saturated carbocycles. The summed E-state index contributed by atoms with van der Waals surface area (Å²) in [6.07, 6.45) is 0. The number of carbonyl (C=O) groups is 4. The van der Waals surface area contributed by atoms with Crippen LogP contribution >= 0.6 is 0 Å². The van der Waals surface area contributed by atoms with E-state index in [1.165, 1.54) is 62.8 Å². The summed E-state index contributed by atoms with van der Waals surface area (Å²) in [5.74, 6) is -1.75. The summed E-state index contributed by atoms with van der Waals surface area (Å²) in [4.78, 5) is 54.7. The van der Waals surface area contributed by atoms with E-state index < -0.39 is 23.1 Å². The first-order chi connectivity index (χ1) is 23.4. The zero-order chi connectivity index (χ0) is 33.1. The minimum absolute atomic E-state index is 0.00834. The number of carbonyl (C=O) groups excluding carboxylic acids is 4. The van der Waals surface area contributed by atoms with Crippen molar-refractivity contribution in [2.45, 2.75) is 0 Å². The molecule has 242 valence electrons. The molecule has 0 spiro atoms. The van der Waals surface area contributed by atoms with Crippen LogP contribution in [0.4, 0.5) is 0 Å². The molecule has 0 aliphatic carbocycles. The molecular weight excluding hydrogens is 632 g/mol. The standard InChI is InChI=1S/C34H22O14/c1-39-29-17(9-19(31-33(29)47-13-45-31)27(37)25(35)15-3-5-21-23(7-15)43-11-41-21)18-10-20(32-34(30(18)40-2)48-14-46-32)28(38)26(36)16-4-6-22-24(8-16)44-12-42-22/h3-10H,11-14H2,1-2H3. The highest BCUT2D eigenvalue weighted by molar-refractivity contribution is 6.50. The van der Waals surface area contributed by atoms with Gasteiger partial charge in [-0.25, -0.2) is 0 Å². The summed E-state index contributed by atoms with van der Waals surface area (Å²) < 4.78 is 55.5. The number of ether oxygens (including phenoxy) is 10. The van der Waals surface area contributed by atoms with Crippen molar-refractivity contribution in [1.82, 2.24) is 0 Å². The van der Waals surface area contributed by atoms with Gasteiger partial charge in [0.1, 0.15) is 0 Å². The van der Waals surface area contributed by atoms with E-state index in [0.717, 1.165) is 0 Å². The summed E-state index contributed by atoms with van der Waals surface area (Å²) in [6, 6.07) is 11.5. The van der Waals surface area contributed by atoms with Crippen LogP contribution in [-0.4, -0.2) is 64.5 Å². The van der Waals surface area contributed by atoms with Crippen LogP contribution in [0.1, 0.15) is 41.4 Å². The van der Waals surface area contributed by atoms with Gasteiger partial charge in [-0.15, -0.1) is 0 Å². The fraction of sp³-hybridized carbons (Fsp3) is 0.176. The molecule has 0 aromatic heterocycles. The average molecular weight is 655 g/mol. The van der Waals surface area contributed by atoms with Gasteiger partial charge in [0, 0.05) is 22.3 Å². The lowest BCUT2D eigenvalue weighted by Gasteiger charge is -2.18. The maximum atomic E-state index is 13.8. The Morgan fingerprint density at radius 2 is 0.833 bits per heavy atom. The van der Waals surface area contributed by atoms with Gasteiger partial charge in [0.25, 0.3) is 0 Å². The molecular formula is C34H22O14. The van der Waals surface area contributed by atoms with Crippen LogP contribution < -0.4 is 47.4 Å². The van der Waals surface area contributed by atoms with Crippen molar-refractivity contribution in [3.63, 3.8) is 0 Å². The third kappa shape index (κ3) is 4.40. The SMILES string of the molecule is COc1c(-c2cc(C(=O)C(=O)c3ccc4c(c3)OCO4)c3c(c2OC)OCO3)cc(C(=O)C(=O)c2ccc3c(c2)OCO3)c2c1OCO2. The van der Waals surface area contributed by atoms with Gasteiger partial charge in [-0.05, 0) is 48.5 Å². The molecule has 0 amide bonds. The fourth-order valence-corrected chi connectivity index (χ4v) is 5.81. The Labute approximate surface area is 270 Å². The fourth-order valence-electron chi connectivity index (χ4n) is 5.81.